The van der Waals surface area contributed by atoms with Crippen LogP contribution in [0.15, 0.2) is 24.3 Å². The molecule has 0 spiro atoms. The molecule has 2 saturated carbocycles. The number of nitrogens with zero attached hydrogens (tertiary/aromatic N) is 1. The van der Waals surface area contributed by atoms with Gasteiger partial charge in [-0.05, 0) is 67.1 Å². The minimum absolute atomic E-state index is 0. The number of halogens is 2. The van der Waals surface area contributed by atoms with Gasteiger partial charge in [0.15, 0.2) is 0 Å². The van der Waals surface area contributed by atoms with Crippen LogP contribution < -0.4 is 5.73 Å². The molecule has 3 fully saturated rings. The topological polar surface area (TPSA) is 46.3 Å². The predicted molar refractivity (Wildman–Crippen MR) is 113 cm³/mol. The minimum Gasteiger partial charge on any atom is -0.342 e. The summed E-state index contributed by atoms with van der Waals surface area (Å²) in [6, 6.07) is 8.27. The van der Waals surface area contributed by atoms with E-state index in [9.17, 15) is 4.79 Å². The van der Waals surface area contributed by atoms with Crippen LogP contribution in [-0.2, 0) is 11.2 Å². The molecular weight excluding hydrogens is 379 g/mol. The Morgan fingerprint density at radius 1 is 1.22 bits per heavy atom. The molecule has 1 aromatic rings. The highest BCUT2D eigenvalue weighted by Crippen LogP contribution is 2.58. The molecule has 150 valence electrons. The molecule has 3 aliphatic rings. The molecule has 1 amide bonds. The summed E-state index contributed by atoms with van der Waals surface area (Å²) in [5.74, 6) is 1.66. The van der Waals surface area contributed by atoms with Gasteiger partial charge in [-0.3, -0.25) is 4.79 Å². The summed E-state index contributed by atoms with van der Waals surface area (Å²) in [4.78, 5) is 16.0. The molecule has 1 aromatic carbocycles. The molecule has 3 nitrogen and oxygen atoms in total. The first-order valence-electron chi connectivity index (χ1n) is 10.1. The van der Waals surface area contributed by atoms with Gasteiger partial charge in [0.2, 0.25) is 5.91 Å². The van der Waals surface area contributed by atoms with Gasteiger partial charge in [0, 0.05) is 24.2 Å². The van der Waals surface area contributed by atoms with Crippen molar-refractivity contribution in [1.82, 2.24) is 4.90 Å². The number of hydrogen-bond donors (Lipinski definition) is 1. The fraction of sp³-hybridized carbons (Fsp3) is 0.682. The molecule has 4 unspecified atom stereocenters. The van der Waals surface area contributed by atoms with Crippen LogP contribution in [0.5, 0.6) is 0 Å². The third-order valence-electron chi connectivity index (χ3n) is 7.43. The highest BCUT2D eigenvalue weighted by Gasteiger charge is 2.57. The van der Waals surface area contributed by atoms with Crippen molar-refractivity contribution < 1.29 is 4.79 Å². The predicted octanol–water partition coefficient (Wildman–Crippen LogP) is 4.70. The van der Waals surface area contributed by atoms with Crippen LogP contribution in [0.4, 0.5) is 0 Å². The fourth-order valence-electron chi connectivity index (χ4n) is 5.83. The van der Waals surface area contributed by atoms with Gasteiger partial charge >= 0.3 is 0 Å². The first-order chi connectivity index (χ1) is 12.3. The average Bonchev–Trinajstić information content (AvgIpc) is 3.20. The largest absolute Gasteiger partial charge is 0.342 e. The monoisotopic (exact) mass is 410 g/mol. The number of likely N-dealkylation sites (tertiary alicyclic amines) is 1. The fourth-order valence-corrected chi connectivity index (χ4v) is 5.95. The molecule has 0 aromatic heterocycles. The summed E-state index contributed by atoms with van der Waals surface area (Å²) in [7, 11) is 0. The molecule has 5 heteroatoms. The van der Waals surface area contributed by atoms with E-state index in [1.165, 1.54) is 24.8 Å². The van der Waals surface area contributed by atoms with Crippen LogP contribution in [0.2, 0.25) is 5.02 Å². The first kappa shape index (κ1) is 21.0. The second-order valence-corrected chi connectivity index (χ2v) is 10.1. The standard InChI is InChI=1S/C22H31ClN2O.ClH/c1-21(2)14-25(10-9-19(21)24)20(26)22(13-16-3-6-17(22)11-16)12-15-4-7-18(23)8-5-15;/h4-5,7-8,16-17,19H,3,6,9-14,24H2,1-2H3;1H. The molecule has 2 aliphatic carbocycles. The highest BCUT2D eigenvalue weighted by atomic mass is 35.5. The van der Waals surface area contributed by atoms with Gasteiger partial charge in [-0.15, -0.1) is 12.4 Å². The van der Waals surface area contributed by atoms with Crippen molar-refractivity contribution >= 4 is 29.9 Å². The van der Waals surface area contributed by atoms with Crippen LogP contribution >= 0.6 is 24.0 Å². The van der Waals surface area contributed by atoms with Crippen molar-refractivity contribution in [1.29, 1.82) is 0 Å². The van der Waals surface area contributed by atoms with Gasteiger partial charge in [-0.1, -0.05) is 44.0 Å². The quantitative estimate of drug-likeness (QED) is 0.784. The molecule has 4 rings (SSSR count). The minimum atomic E-state index is -0.214. The third kappa shape index (κ3) is 3.75. The van der Waals surface area contributed by atoms with Crippen molar-refractivity contribution in [3.8, 4) is 0 Å². The molecule has 1 heterocycles. The summed E-state index contributed by atoms with van der Waals surface area (Å²) in [5.41, 5.74) is 7.33. The molecule has 2 N–H and O–H groups in total. The van der Waals surface area contributed by atoms with E-state index in [0.717, 1.165) is 43.3 Å². The number of rotatable bonds is 3. The Hall–Kier alpha value is -0.770. The number of piperidine rings is 1. The zero-order chi connectivity index (χ0) is 18.5. The Bertz CT molecular complexity index is 690. The van der Waals surface area contributed by atoms with Crippen LogP contribution in [0, 0.1) is 22.7 Å². The van der Waals surface area contributed by atoms with Crippen molar-refractivity contribution in [2.24, 2.45) is 28.4 Å². The van der Waals surface area contributed by atoms with Gasteiger partial charge in [0.1, 0.15) is 0 Å². The van der Waals surface area contributed by atoms with Gasteiger partial charge in [-0.25, -0.2) is 0 Å². The Kier molecular flexibility index (Phi) is 5.88. The maximum atomic E-state index is 13.8. The van der Waals surface area contributed by atoms with Crippen molar-refractivity contribution in [3.05, 3.63) is 34.9 Å². The second-order valence-electron chi connectivity index (χ2n) is 9.65. The smallest absolute Gasteiger partial charge is 0.229 e. The Morgan fingerprint density at radius 2 is 1.93 bits per heavy atom. The number of fused-ring (bicyclic) bond motifs is 2. The molecule has 27 heavy (non-hydrogen) atoms. The number of amides is 1. The lowest BCUT2D eigenvalue weighted by Crippen LogP contribution is -2.58. The van der Waals surface area contributed by atoms with E-state index in [0.29, 0.717) is 11.8 Å². The maximum Gasteiger partial charge on any atom is 0.229 e. The number of carbonyl (C=O) groups is 1. The van der Waals surface area contributed by atoms with Gasteiger partial charge in [0.05, 0.1) is 5.41 Å². The maximum absolute atomic E-state index is 13.8. The Morgan fingerprint density at radius 3 is 2.48 bits per heavy atom. The molecular formula is C22H32Cl2N2O. The summed E-state index contributed by atoms with van der Waals surface area (Å²) in [5, 5.41) is 0.758. The average molecular weight is 411 g/mol. The molecule has 1 aliphatic heterocycles. The molecule has 2 bridgehead atoms. The van der Waals surface area contributed by atoms with Gasteiger partial charge in [0.25, 0.3) is 0 Å². The van der Waals surface area contributed by atoms with E-state index in [4.69, 9.17) is 17.3 Å². The van der Waals surface area contributed by atoms with E-state index < -0.39 is 0 Å². The second kappa shape index (κ2) is 7.57. The number of benzene rings is 1. The summed E-state index contributed by atoms with van der Waals surface area (Å²) >= 11 is 6.07. The summed E-state index contributed by atoms with van der Waals surface area (Å²) in [6.07, 6.45) is 6.56. The van der Waals surface area contributed by atoms with E-state index in [1.807, 2.05) is 12.1 Å². The number of hydrogen-bond acceptors (Lipinski definition) is 2. The molecule has 4 atom stereocenters. The van der Waals surface area contributed by atoms with Crippen LogP contribution in [0.25, 0.3) is 0 Å². The Labute approximate surface area is 174 Å². The summed E-state index contributed by atoms with van der Waals surface area (Å²) in [6.45, 7) is 5.99. The van der Waals surface area contributed by atoms with Crippen molar-refractivity contribution in [3.63, 3.8) is 0 Å². The summed E-state index contributed by atoms with van der Waals surface area (Å²) < 4.78 is 0. The Balaban J connectivity index is 0.00000210. The lowest BCUT2D eigenvalue weighted by Gasteiger charge is -2.47. The molecule has 1 saturated heterocycles. The van der Waals surface area contributed by atoms with Crippen molar-refractivity contribution in [2.45, 2.75) is 58.4 Å². The highest BCUT2D eigenvalue weighted by molar-refractivity contribution is 6.30. The van der Waals surface area contributed by atoms with Gasteiger partial charge in [-0.2, -0.15) is 0 Å². The van der Waals surface area contributed by atoms with E-state index in [2.05, 4.69) is 30.9 Å². The lowest BCUT2D eigenvalue weighted by atomic mass is 9.67. The zero-order valence-electron chi connectivity index (χ0n) is 16.4. The van der Waals surface area contributed by atoms with Crippen LogP contribution in [-0.4, -0.2) is 29.9 Å². The zero-order valence-corrected chi connectivity index (χ0v) is 18.0. The van der Waals surface area contributed by atoms with Crippen molar-refractivity contribution in [2.75, 3.05) is 13.1 Å². The SMILES string of the molecule is CC1(C)CN(C(=O)C2(Cc3ccc(Cl)cc3)CC3CCC2C3)CCC1N.Cl. The third-order valence-corrected chi connectivity index (χ3v) is 7.69. The number of nitrogens with two attached hydrogens (primary N) is 1. The normalized spacial score (nSPS) is 34.4. The molecule has 0 radical (unpaired) electrons. The van der Waals surface area contributed by atoms with Gasteiger partial charge < -0.3 is 10.6 Å². The number of carbonyl (C=O) groups excluding carboxylic acids is 1. The van der Waals surface area contributed by atoms with Crippen LogP contribution in [0.3, 0.4) is 0 Å². The van der Waals surface area contributed by atoms with Crippen LogP contribution in [0.1, 0.15) is 51.5 Å². The van der Waals surface area contributed by atoms with E-state index in [-0.39, 0.29) is 29.3 Å². The first-order valence-corrected chi connectivity index (χ1v) is 10.5. The van der Waals surface area contributed by atoms with E-state index in [1.54, 1.807) is 0 Å². The van der Waals surface area contributed by atoms with E-state index >= 15 is 0 Å². The lowest BCUT2D eigenvalue weighted by molar-refractivity contribution is -0.149.